The van der Waals surface area contributed by atoms with Crippen LogP contribution in [0.2, 0.25) is 0 Å². The molecular weight excluding hydrogens is 372 g/mol. The van der Waals surface area contributed by atoms with Gasteiger partial charge >= 0.3 is 0 Å². The second-order valence-electron chi connectivity index (χ2n) is 5.73. The van der Waals surface area contributed by atoms with E-state index in [4.69, 9.17) is 0 Å². The lowest BCUT2D eigenvalue weighted by Crippen LogP contribution is -2.48. The minimum Gasteiger partial charge on any atom is -0.346 e. The Morgan fingerprint density at radius 3 is 2.82 bits per heavy atom. The molecule has 2 N–H and O–H groups in total. The average Bonchev–Trinajstić information content (AvgIpc) is 3.02. The zero-order valence-corrected chi connectivity index (χ0v) is 14.1. The number of carbonyl (C=O) groups is 1. The van der Waals surface area contributed by atoms with Gasteiger partial charge in [0.05, 0.1) is 4.47 Å². The topological polar surface area (TPSA) is 84.2 Å². The van der Waals surface area contributed by atoms with E-state index in [0.29, 0.717) is 17.9 Å². The molecule has 2 fully saturated rings. The Balaban J connectivity index is 0.00000144. The molecular formula is C13H16BrClN6O. The van der Waals surface area contributed by atoms with Gasteiger partial charge in [0.25, 0.3) is 11.7 Å². The lowest BCUT2D eigenvalue weighted by atomic mass is 10.00. The molecule has 2 unspecified atom stereocenters. The third kappa shape index (κ3) is 2.95. The molecule has 118 valence electrons. The first-order valence-electron chi connectivity index (χ1n) is 7.12. The maximum atomic E-state index is 12.3. The Bertz CT molecular complexity index is 695. The van der Waals surface area contributed by atoms with Crippen LogP contribution in [0.4, 0.5) is 0 Å². The predicted molar refractivity (Wildman–Crippen MR) is 86.2 cm³/mol. The number of hydrogen-bond donors (Lipinski definition) is 2. The highest BCUT2D eigenvalue weighted by atomic mass is 79.9. The fourth-order valence-corrected chi connectivity index (χ4v) is 3.58. The molecule has 1 amide bonds. The summed E-state index contributed by atoms with van der Waals surface area (Å²) in [7, 11) is 0. The Kier molecular flexibility index (Phi) is 4.33. The molecule has 4 rings (SSSR count). The van der Waals surface area contributed by atoms with Crippen molar-refractivity contribution in [2.24, 2.45) is 0 Å². The average molecular weight is 388 g/mol. The molecule has 0 spiro atoms. The number of nitrogens with zero attached hydrogens (tertiary/aromatic N) is 4. The molecule has 2 saturated heterocycles. The molecule has 0 aromatic carbocycles. The van der Waals surface area contributed by atoms with E-state index >= 15 is 0 Å². The molecule has 0 radical (unpaired) electrons. The van der Waals surface area contributed by atoms with E-state index in [9.17, 15) is 4.79 Å². The predicted octanol–water partition coefficient (Wildman–Crippen LogP) is 1.32. The fourth-order valence-electron chi connectivity index (χ4n) is 3.28. The summed E-state index contributed by atoms with van der Waals surface area (Å²) in [5.41, 5.74) is 0. The van der Waals surface area contributed by atoms with Crippen molar-refractivity contribution in [3.05, 3.63) is 22.7 Å². The molecule has 4 heterocycles. The van der Waals surface area contributed by atoms with Gasteiger partial charge in [0.1, 0.15) is 0 Å². The normalized spacial score (nSPS) is 26.7. The van der Waals surface area contributed by atoms with Crippen LogP contribution in [0.15, 0.2) is 16.9 Å². The first kappa shape index (κ1) is 15.6. The quantitative estimate of drug-likeness (QED) is 0.812. The van der Waals surface area contributed by atoms with E-state index in [2.05, 4.69) is 41.6 Å². The molecule has 0 saturated carbocycles. The third-order valence-corrected chi connectivity index (χ3v) is 4.58. The zero-order valence-electron chi connectivity index (χ0n) is 11.7. The number of rotatable bonds is 2. The van der Waals surface area contributed by atoms with Crippen LogP contribution in [0, 0.1) is 0 Å². The minimum absolute atomic E-state index is 0. The molecule has 2 atom stereocenters. The van der Waals surface area contributed by atoms with Gasteiger partial charge in [-0.2, -0.15) is 4.98 Å². The van der Waals surface area contributed by atoms with Gasteiger partial charge in [-0.05, 0) is 41.6 Å². The van der Waals surface area contributed by atoms with Gasteiger partial charge in [-0.3, -0.25) is 4.79 Å². The molecule has 2 aromatic heterocycles. The van der Waals surface area contributed by atoms with Crippen molar-refractivity contribution in [1.29, 1.82) is 0 Å². The first-order valence-corrected chi connectivity index (χ1v) is 7.91. The van der Waals surface area contributed by atoms with E-state index in [1.807, 2.05) is 0 Å². The van der Waals surface area contributed by atoms with Gasteiger partial charge in [-0.15, -0.1) is 17.5 Å². The van der Waals surface area contributed by atoms with Crippen LogP contribution >= 0.6 is 28.3 Å². The summed E-state index contributed by atoms with van der Waals surface area (Å²) >= 11 is 3.32. The van der Waals surface area contributed by atoms with E-state index in [1.54, 1.807) is 12.4 Å². The standard InChI is InChI=1S/C13H15BrN6O.ClH/c14-7-5-15-13-18-11(19-20(13)6-7)12(21)17-10-3-8-1-2-9(4-10)16-8;/h5-6,8-10,16H,1-4H2,(H,17,21);1H. The van der Waals surface area contributed by atoms with Crippen molar-refractivity contribution in [2.75, 3.05) is 0 Å². The van der Waals surface area contributed by atoms with Crippen LogP contribution in [-0.4, -0.2) is 43.6 Å². The van der Waals surface area contributed by atoms with E-state index < -0.39 is 0 Å². The minimum atomic E-state index is -0.220. The molecule has 0 aliphatic carbocycles. The van der Waals surface area contributed by atoms with Crippen molar-refractivity contribution in [3.8, 4) is 0 Å². The number of piperidine rings is 1. The van der Waals surface area contributed by atoms with E-state index in [-0.39, 0.29) is 30.2 Å². The van der Waals surface area contributed by atoms with Crippen molar-refractivity contribution in [2.45, 2.75) is 43.8 Å². The van der Waals surface area contributed by atoms with Gasteiger partial charge in [0.15, 0.2) is 0 Å². The highest BCUT2D eigenvalue weighted by molar-refractivity contribution is 9.10. The van der Waals surface area contributed by atoms with Crippen LogP contribution < -0.4 is 10.6 Å². The van der Waals surface area contributed by atoms with E-state index in [0.717, 1.165) is 17.3 Å². The summed E-state index contributed by atoms with van der Waals surface area (Å²) in [6, 6.07) is 1.30. The van der Waals surface area contributed by atoms with Gasteiger partial charge in [0.2, 0.25) is 5.82 Å². The van der Waals surface area contributed by atoms with Crippen molar-refractivity contribution in [1.82, 2.24) is 30.2 Å². The lowest BCUT2D eigenvalue weighted by molar-refractivity contribution is 0.0913. The number of aromatic nitrogens is 4. The molecule has 2 aromatic rings. The Morgan fingerprint density at radius 1 is 1.36 bits per heavy atom. The maximum absolute atomic E-state index is 12.3. The Morgan fingerprint density at radius 2 is 2.09 bits per heavy atom. The smallest absolute Gasteiger partial charge is 0.291 e. The van der Waals surface area contributed by atoms with Crippen molar-refractivity contribution >= 4 is 40.0 Å². The number of amides is 1. The van der Waals surface area contributed by atoms with Crippen LogP contribution in [0.3, 0.4) is 0 Å². The van der Waals surface area contributed by atoms with Crippen LogP contribution in [-0.2, 0) is 0 Å². The fraction of sp³-hybridized carbons (Fsp3) is 0.538. The molecule has 2 aliphatic rings. The summed E-state index contributed by atoms with van der Waals surface area (Å²) in [4.78, 5) is 20.6. The molecule has 9 heteroatoms. The summed E-state index contributed by atoms with van der Waals surface area (Å²) in [6.45, 7) is 0. The SMILES string of the molecule is Cl.O=C(NC1CC2CCC(C1)N2)c1nc2ncc(Br)cn2n1. The second kappa shape index (κ2) is 6.10. The maximum Gasteiger partial charge on any atom is 0.291 e. The van der Waals surface area contributed by atoms with Gasteiger partial charge in [-0.25, -0.2) is 9.50 Å². The molecule has 2 bridgehead atoms. The summed E-state index contributed by atoms with van der Waals surface area (Å²) in [5.74, 6) is 0.378. The monoisotopic (exact) mass is 386 g/mol. The molecule has 2 aliphatic heterocycles. The van der Waals surface area contributed by atoms with Crippen molar-refractivity contribution < 1.29 is 4.79 Å². The number of carbonyl (C=O) groups excluding carboxylic acids is 1. The molecule has 22 heavy (non-hydrogen) atoms. The lowest BCUT2D eigenvalue weighted by Gasteiger charge is -2.29. The largest absolute Gasteiger partial charge is 0.346 e. The zero-order chi connectivity index (χ0) is 14.4. The summed E-state index contributed by atoms with van der Waals surface area (Å²) in [5, 5.41) is 10.8. The second-order valence-corrected chi connectivity index (χ2v) is 6.65. The number of halogens is 2. The molecule has 7 nitrogen and oxygen atoms in total. The van der Waals surface area contributed by atoms with Crippen molar-refractivity contribution in [3.63, 3.8) is 0 Å². The van der Waals surface area contributed by atoms with Crippen LogP contribution in [0.5, 0.6) is 0 Å². The van der Waals surface area contributed by atoms with Crippen LogP contribution in [0.25, 0.3) is 5.78 Å². The van der Waals surface area contributed by atoms with Crippen LogP contribution in [0.1, 0.15) is 36.3 Å². The highest BCUT2D eigenvalue weighted by Crippen LogP contribution is 2.26. The van der Waals surface area contributed by atoms with Gasteiger partial charge in [-0.1, -0.05) is 0 Å². The Labute approximate surface area is 141 Å². The number of fused-ring (bicyclic) bond motifs is 3. The Hall–Kier alpha value is -1.25. The third-order valence-electron chi connectivity index (χ3n) is 4.17. The summed E-state index contributed by atoms with van der Waals surface area (Å²) < 4.78 is 2.30. The van der Waals surface area contributed by atoms with Gasteiger partial charge in [0, 0.05) is 30.5 Å². The van der Waals surface area contributed by atoms with E-state index in [1.165, 1.54) is 17.4 Å². The number of nitrogens with one attached hydrogen (secondary N) is 2. The first-order chi connectivity index (χ1) is 10.2. The number of hydrogen-bond acceptors (Lipinski definition) is 5. The van der Waals surface area contributed by atoms with Gasteiger partial charge < -0.3 is 10.6 Å². The summed E-state index contributed by atoms with van der Waals surface area (Å²) in [6.07, 6.45) is 7.76. The highest BCUT2D eigenvalue weighted by Gasteiger charge is 2.34.